The summed E-state index contributed by atoms with van der Waals surface area (Å²) in [6.07, 6.45) is 4.11. The molecule has 0 radical (unpaired) electrons. The van der Waals surface area contributed by atoms with Crippen molar-refractivity contribution in [3.63, 3.8) is 0 Å². The van der Waals surface area contributed by atoms with Gasteiger partial charge >= 0.3 is 0 Å². The summed E-state index contributed by atoms with van der Waals surface area (Å²) in [5.74, 6) is 5.73. The molecule has 0 fully saturated rings. The minimum absolute atomic E-state index is 0.0207. The fraction of sp³-hybridized carbons (Fsp3) is 0.667. The minimum atomic E-state index is -0.0207. The maximum Gasteiger partial charge on any atom is 0.0701 e. The Bertz CT molecular complexity index is 356. The highest BCUT2D eigenvalue weighted by Gasteiger charge is 1.99. The minimum Gasteiger partial charge on any atom is -0.377 e. The first-order valence-electron chi connectivity index (χ1n) is 5.97. The molecule has 1 atom stereocenters. The summed E-state index contributed by atoms with van der Waals surface area (Å²) in [5, 5.41) is 7.53. The van der Waals surface area contributed by atoms with E-state index in [0.29, 0.717) is 39.4 Å². The first-order valence-corrected chi connectivity index (χ1v) is 5.97. The summed E-state index contributed by atoms with van der Waals surface area (Å²) in [6.45, 7) is 4.72. The number of aromatic nitrogens is 3. The third-order valence-electron chi connectivity index (χ3n) is 2.18. The first kappa shape index (κ1) is 14.6. The summed E-state index contributed by atoms with van der Waals surface area (Å²) in [7, 11) is 0. The number of nitrogens with two attached hydrogens (primary N) is 1. The van der Waals surface area contributed by atoms with Gasteiger partial charge in [0.1, 0.15) is 0 Å². The highest BCUT2D eigenvalue weighted by Crippen LogP contribution is 1.89. The van der Waals surface area contributed by atoms with Gasteiger partial charge in [0.2, 0.25) is 0 Å². The predicted molar refractivity (Wildman–Crippen MR) is 67.7 cm³/mol. The van der Waals surface area contributed by atoms with Gasteiger partial charge in [-0.3, -0.25) is 4.68 Å². The molecule has 0 spiro atoms. The summed E-state index contributed by atoms with van der Waals surface area (Å²) < 4.78 is 12.5. The van der Waals surface area contributed by atoms with Crippen LogP contribution in [0.25, 0.3) is 0 Å². The van der Waals surface area contributed by atoms with Crippen molar-refractivity contribution in [3.8, 4) is 11.8 Å². The standard InChI is InChI=1S/C12H20N4O2/c1-2-3-4-12(13)11-18-10-9-17-8-7-16-6-5-14-15-16/h5-6,12H,4,7-11,13H2,1H3. The van der Waals surface area contributed by atoms with Crippen LogP contribution in [0.3, 0.4) is 0 Å². The quantitative estimate of drug-likeness (QED) is 0.496. The fourth-order valence-electron chi connectivity index (χ4n) is 1.26. The molecular formula is C12H20N4O2. The van der Waals surface area contributed by atoms with Gasteiger partial charge in [-0.1, -0.05) is 5.21 Å². The van der Waals surface area contributed by atoms with Gasteiger partial charge in [0.25, 0.3) is 0 Å². The molecule has 1 aromatic heterocycles. The molecule has 1 aromatic rings. The SMILES string of the molecule is CC#CCC(N)COCCOCCn1ccnn1. The van der Waals surface area contributed by atoms with E-state index in [1.807, 2.05) is 0 Å². The fourth-order valence-corrected chi connectivity index (χ4v) is 1.26. The van der Waals surface area contributed by atoms with E-state index in [1.165, 1.54) is 0 Å². The molecule has 0 aromatic carbocycles. The number of ether oxygens (including phenoxy) is 2. The second-order valence-corrected chi connectivity index (χ2v) is 3.74. The van der Waals surface area contributed by atoms with E-state index in [9.17, 15) is 0 Å². The van der Waals surface area contributed by atoms with Crippen LogP contribution < -0.4 is 5.73 Å². The Hall–Kier alpha value is -1.42. The summed E-state index contributed by atoms with van der Waals surface area (Å²) in [5.41, 5.74) is 5.78. The lowest BCUT2D eigenvalue weighted by molar-refractivity contribution is 0.0395. The van der Waals surface area contributed by atoms with Crippen molar-refractivity contribution in [2.45, 2.75) is 25.9 Å². The Labute approximate surface area is 107 Å². The molecule has 0 bridgehead atoms. The number of hydrogen-bond acceptors (Lipinski definition) is 5. The van der Waals surface area contributed by atoms with Crippen LogP contribution in [0.15, 0.2) is 12.4 Å². The van der Waals surface area contributed by atoms with Gasteiger partial charge in [0.15, 0.2) is 0 Å². The third kappa shape index (κ3) is 7.01. The maximum absolute atomic E-state index is 5.78. The van der Waals surface area contributed by atoms with Crippen molar-refractivity contribution < 1.29 is 9.47 Å². The van der Waals surface area contributed by atoms with Gasteiger partial charge < -0.3 is 15.2 Å². The van der Waals surface area contributed by atoms with Gasteiger partial charge in [-0.25, -0.2) is 0 Å². The van der Waals surface area contributed by atoms with Crippen molar-refractivity contribution in [1.82, 2.24) is 15.0 Å². The van der Waals surface area contributed by atoms with E-state index in [-0.39, 0.29) is 6.04 Å². The summed E-state index contributed by atoms with van der Waals surface area (Å²) in [4.78, 5) is 0. The normalized spacial score (nSPS) is 11.9. The van der Waals surface area contributed by atoms with E-state index >= 15 is 0 Å². The number of nitrogens with zero attached hydrogens (tertiary/aromatic N) is 3. The van der Waals surface area contributed by atoms with E-state index in [2.05, 4.69) is 22.2 Å². The van der Waals surface area contributed by atoms with Crippen LogP contribution in [0, 0.1) is 11.8 Å². The summed E-state index contributed by atoms with van der Waals surface area (Å²) >= 11 is 0. The smallest absolute Gasteiger partial charge is 0.0701 e. The zero-order valence-corrected chi connectivity index (χ0v) is 10.7. The summed E-state index contributed by atoms with van der Waals surface area (Å²) in [6, 6.07) is -0.0207. The highest BCUT2D eigenvalue weighted by atomic mass is 16.5. The largest absolute Gasteiger partial charge is 0.377 e. The van der Waals surface area contributed by atoms with Gasteiger partial charge in [-0.15, -0.1) is 16.9 Å². The number of hydrogen-bond donors (Lipinski definition) is 1. The van der Waals surface area contributed by atoms with Crippen LogP contribution in [-0.4, -0.2) is 47.5 Å². The molecular weight excluding hydrogens is 232 g/mol. The van der Waals surface area contributed by atoms with E-state index in [4.69, 9.17) is 15.2 Å². The Kier molecular flexibility index (Phi) is 7.80. The Morgan fingerprint density at radius 1 is 1.33 bits per heavy atom. The first-order chi connectivity index (χ1) is 8.83. The topological polar surface area (TPSA) is 75.2 Å². The second kappa shape index (κ2) is 9.59. The molecule has 18 heavy (non-hydrogen) atoms. The molecule has 0 aliphatic carbocycles. The monoisotopic (exact) mass is 252 g/mol. The lowest BCUT2D eigenvalue weighted by atomic mass is 10.2. The van der Waals surface area contributed by atoms with Crippen LogP contribution in [0.4, 0.5) is 0 Å². The van der Waals surface area contributed by atoms with Crippen LogP contribution in [0.1, 0.15) is 13.3 Å². The third-order valence-corrected chi connectivity index (χ3v) is 2.18. The molecule has 100 valence electrons. The molecule has 6 heteroatoms. The molecule has 0 saturated carbocycles. The van der Waals surface area contributed by atoms with E-state index < -0.39 is 0 Å². The van der Waals surface area contributed by atoms with Crippen molar-refractivity contribution in [1.29, 1.82) is 0 Å². The van der Waals surface area contributed by atoms with Crippen LogP contribution in [-0.2, 0) is 16.0 Å². The molecule has 0 saturated heterocycles. The molecule has 2 N–H and O–H groups in total. The molecule has 6 nitrogen and oxygen atoms in total. The zero-order valence-electron chi connectivity index (χ0n) is 10.7. The Morgan fingerprint density at radius 3 is 2.89 bits per heavy atom. The predicted octanol–water partition coefficient (Wildman–Crippen LogP) is 0.0520. The Morgan fingerprint density at radius 2 is 2.17 bits per heavy atom. The van der Waals surface area contributed by atoms with Gasteiger partial charge in [0.05, 0.1) is 39.2 Å². The van der Waals surface area contributed by atoms with E-state index in [1.54, 1.807) is 24.0 Å². The second-order valence-electron chi connectivity index (χ2n) is 3.74. The van der Waals surface area contributed by atoms with E-state index in [0.717, 1.165) is 0 Å². The van der Waals surface area contributed by atoms with Gasteiger partial charge in [0, 0.05) is 18.7 Å². The molecule has 1 unspecified atom stereocenters. The lowest BCUT2D eigenvalue weighted by Crippen LogP contribution is -2.26. The Balaban J connectivity index is 1.87. The van der Waals surface area contributed by atoms with Crippen molar-refractivity contribution in [2.24, 2.45) is 5.73 Å². The highest BCUT2D eigenvalue weighted by molar-refractivity contribution is 4.97. The average Bonchev–Trinajstić information content (AvgIpc) is 2.88. The maximum atomic E-state index is 5.78. The zero-order chi connectivity index (χ0) is 13.1. The van der Waals surface area contributed by atoms with Gasteiger partial charge in [-0.05, 0) is 6.92 Å². The average molecular weight is 252 g/mol. The van der Waals surface area contributed by atoms with Crippen LogP contribution >= 0.6 is 0 Å². The number of rotatable bonds is 9. The molecule has 1 heterocycles. The lowest BCUT2D eigenvalue weighted by Gasteiger charge is -2.09. The van der Waals surface area contributed by atoms with Crippen molar-refractivity contribution in [2.75, 3.05) is 26.4 Å². The van der Waals surface area contributed by atoms with Crippen molar-refractivity contribution >= 4 is 0 Å². The van der Waals surface area contributed by atoms with Crippen LogP contribution in [0.5, 0.6) is 0 Å². The molecule has 0 aliphatic rings. The molecule has 0 aliphatic heterocycles. The molecule has 1 rings (SSSR count). The van der Waals surface area contributed by atoms with Gasteiger partial charge in [-0.2, -0.15) is 0 Å². The molecule has 0 amide bonds. The van der Waals surface area contributed by atoms with Crippen molar-refractivity contribution in [3.05, 3.63) is 12.4 Å². The van der Waals surface area contributed by atoms with Crippen LogP contribution in [0.2, 0.25) is 0 Å².